The van der Waals surface area contributed by atoms with Gasteiger partial charge in [-0.3, -0.25) is 0 Å². The van der Waals surface area contributed by atoms with E-state index in [0.717, 1.165) is 6.07 Å². The molecule has 0 spiro atoms. The van der Waals surface area contributed by atoms with Crippen LogP contribution in [0.1, 0.15) is 15.9 Å². The minimum absolute atomic E-state index is 0.0464. The summed E-state index contributed by atoms with van der Waals surface area (Å²) in [7, 11) is 0. The molecule has 1 rings (SSSR count). The summed E-state index contributed by atoms with van der Waals surface area (Å²) in [5, 5.41) is 8.55. The van der Waals surface area contributed by atoms with Gasteiger partial charge in [0.2, 0.25) is 0 Å². The van der Waals surface area contributed by atoms with E-state index in [2.05, 4.69) is 12.2 Å². The van der Waals surface area contributed by atoms with Crippen LogP contribution >= 0.6 is 12.2 Å². The van der Waals surface area contributed by atoms with Crippen molar-refractivity contribution in [3.8, 4) is 0 Å². The molecule has 0 fully saturated rings. The maximum atomic E-state index is 13.2. The number of hydrogen-bond donors (Lipinski definition) is 2. The maximum Gasteiger partial charge on any atom is 0.338 e. The number of carbonyl (C=O) groups is 1. The number of rotatable bonds is 2. The molecule has 13 heavy (non-hydrogen) atoms. The molecule has 0 aliphatic carbocycles. The number of nitrogens with two attached hydrogens (primary N) is 1. The van der Waals surface area contributed by atoms with Gasteiger partial charge in [0.1, 0.15) is 10.8 Å². The highest BCUT2D eigenvalue weighted by molar-refractivity contribution is 7.80. The molecule has 5 heteroatoms. The molecule has 3 N–H and O–H groups in total. The molecule has 0 amide bonds. The van der Waals surface area contributed by atoms with E-state index >= 15 is 0 Å². The summed E-state index contributed by atoms with van der Waals surface area (Å²) in [6.45, 7) is 0. The van der Waals surface area contributed by atoms with E-state index in [1.807, 2.05) is 0 Å². The molecule has 0 saturated carbocycles. The normalized spacial score (nSPS) is 9.62. The van der Waals surface area contributed by atoms with E-state index in [1.165, 1.54) is 12.1 Å². The summed E-state index contributed by atoms with van der Waals surface area (Å²) in [6.07, 6.45) is 0. The third kappa shape index (κ3) is 1.81. The molecule has 0 heterocycles. The Hall–Kier alpha value is -1.49. The zero-order valence-electron chi connectivity index (χ0n) is 6.45. The Morgan fingerprint density at radius 1 is 1.46 bits per heavy atom. The lowest BCUT2D eigenvalue weighted by atomic mass is 10.1. The molecule has 0 aromatic heterocycles. The number of aromatic carboxylic acids is 1. The molecular weight excluding hydrogens is 193 g/mol. The standard InChI is InChI=1S/C8H6FNO2S/c9-6-4(7(10)13)2-1-3-5(6)8(11)12/h1-3H,(H2,10,13)(H,11,12). The molecule has 0 unspecified atom stereocenters. The van der Waals surface area contributed by atoms with Crippen molar-refractivity contribution in [2.45, 2.75) is 0 Å². The number of hydrogen-bond acceptors (Lipinski definition) is 2. The second-order valence-electron chi connectivity index (χ2n) is 2.34. The lowest BCUT2D eigenvalue weighted by molar-refractivity contribution is 0.0692. The predicted octanol–water partition coefficient (Wildman–Crippen LogP) is 1.16. The number of carboxylic acids is 1. The Morgan fingerprint density at radius 2 is 2.00 bits per heavy atom. The lowest BCUT2D eigenvalue weighted by Gasteiger charge is -2.02. The van der Waals surface area contributed by atoms with Crippen LogP contribution in [-0.2, 0) is 0 Å². The zero-order chi connectivity index (χ0) is 10.0. The van der Waals surface area contributed by atoms with E-state index in [4.69, 9.17) is 10.8 Å². The Morgan fingerprint density at radius 3 is 2.46 bits per heavy atom. The average Bonchev–Trinajstić information content (AvgIpc) is 2.03. The van der Waals surface area contributed by atoms with Crippen LogP contribution in [0.2, 0.25) is 0 Å². The molecule has 1 aromatic rings. The largest absolute Gasteiger partial charge is 0.478 e. The first-order valence-electron chi connectivity index (χ1n) is 3.35. The first-order chi connectivity index (χ1) is 6.04. The third-order valence-corrected chi connectivity index (χ3v) is 1.71. The van der Waals surface area contributed by atoms with Crippen LogP contribution < -0.4 is 5.73 Å². The minimum Gasteiger partial charge on any atom is -0.478 e. The van der Waals surface area contributed by atoms with Crippen molar-refractivity contribution in [3.63, 3.8) is 0 Å². The van der Waals surface area contributed by atoms with Gasteiger partial charge in [0.15, 0.2) is 0 Å². The Balaban J connectivity index is 3.35. The van der Waals surface area contributed by atoms with E-state index in [1.54, 1.807) is 0 Å². The fourth-order valence-electron chi connectivity index (χ4n) is 0.887. The van der Waals surface area contributed by atoms with Gasteiger partial charge in [-0.05, 0) is 12.1 Å². The lowest BCUT2D eigenvalue weighted by Crippen LogP contribution is -2.14. The van der Waals surface area contributed by atoms with Crippen molar-refractivity contribution in [2.24, 2.45) is 5.73 Å². The van der Waals surface area contributed by atoms with Crippen molar-refractivity contribution in [3.05, 3.63) is 35.1 Å². The fraction of sp³-hybridized carbons (Fsp3) is 0. The molecule has 0 aliphatic rings. The maximum absolute atomic E-state index is 13.2. The first-order valence-corrected chi connectivity index (χ1v) is 3.76. The molecule has 0 aliphatic heterocycles. The minimum atomic E-state index is -1.34. The van der Waals surface area contributed by atoms with Crippen molar-refractivity contribution in [1.29, 1.82) is 0 Å². The Kier molecular flexibility index (Phi) is 2.57. The van der Waals surface area contributed by atoms with Gasteiger partial charge in [-0.2, -0.15) is 0 Å². The van der Waals surface area contributed by atoms with Gasteiger partial charge in [0, 0.05) is 5.56 Å². The number of halogens is 1. The second kappa shape index (κ2) is 3.49. The number of thiocarbonyl (C=S) groups is 1. The van der Waals surface area contributed by atoms with E-state index in [9.17, 15) is 9.18 Å². The van der Waals surface area contributed by atoms with Crippen molar-refractivity contribution in [2.75, 3.05) is 0 Å². The first kappa shape index (κ1) is 9.60. The summed E-state index contributed by atoms with van der Waals surface area (Å²) in [6, 6.07) is 3.88. The third-order valence-electron chi connectivity index (χ3n) is 1.49. The van der Waals surface area contributed by atoms with Crippen LogP contribution in [0, 0.1) is 5.82 Å². The number of benzene rings is 1. The molecule has 3 nitrogen and oxygen atoms in total. The fourth-order valence-corrected chi connectivity index (χ4v) is 1.05. The van der Waals surface area contributed by atoms with Gasteiger partial charge in [-0.15, -0.1) is 0 Å². The molecule has 0 saturated heterocycles. The Bertz CT molecular complexity index is 346. The molecule has 68 valence electrons. The van der Waals surface area contributed by atoms with Gasteiger partial charge in [-0.1, -0.05) is 18.3 Å². The van der Waals surface area contributed by atoms with Crippen LogP contribution in [0.15, 0.2) is 18.2 Å². The molecule has 0 bridgehead atoms. The highest BCUT2D eigenvalue weighted by atomic mass is 32.1. The van der Waals surface area contributed by atoms with Crippen molar-refractivity contribution < 1.29 is 14.3 Å². The van der Waals surface area contributed by atoms with Crippen LogP contribution in [0.3, 0.4) is 0 Å². The van der Waals surface area contributed by atoms with E-state index in [-0.39, 0.29) is 10.6 Å². The summed E-state index contributed by atoms with van der Waals surface area (Å²) in [5.41, 5.74) is 4.71. The smallest absolute Gasteiger partial charge is 0.338 e. The molecule has 1 aromatic carbocycles. The van der Waals surface area contributed by atoms with Crippen molar-refractivity contribution >= 4 is 23.2 Å². The van der Waals surface area contributed by atoms with E-state index in [0.29, 0.717) is 0 Å². The molecular formula is C8H6FNO2S. The van der Waals surface area contributed by atoms with Gasteiger partial charge >= 0.3 is 5.97 Å². The van der Waals surface area contributed by atoms with Crippen molar-refractivity contribution in [1.82, 2.24) is 0 Å². The van der Waals surface area contributed by atoms with Gasteiger partial charge in [0.05, 0.1) is 5.56 Å². The SMILES string of the molecule is NC(=S)c1cccc(C(=O)O)c1F. The average molecular weight is 199 g/mol. The van der Waals surface area contributed by atoms with Gasteiger partial charge < -0.3 is 10.8 Å². The van der Waals surface area contributed by atoms with Crippen LogP contribution in [0.4, 0.5) is 4.39 Å². The van der Waals surface area contributed by atoms with E-state index < -0.39 is 17.3 Å². The zero-order valence-corrected chi connectivity index (χ0v) is 7.27. The highest BCUT2D eigenvalue weighted by Crippen LogP contribution is 2.12. The summed E-state index contributed by atoms with van der Waals surface area (Å²) < 4.78 is 13.2. The summed E-state index contributed by atoms with van der Waals surface area (Å²) >= 11 is 4.54. The van der Waals surface area contributed by atoms with Gasteiger partial charge in [-0.25, -0.2) is 9.18 Å². The van der Waals surface area contributed by atoms with Crippen LogP contribution in [0.5, 0.6) is 0 Å². The highest BCUT2D eigenvalue weighted by Gasteiger charge is 2.14. The summed E-state index contributed by atoms with van der Waals surface area (Å²) in [4.78, 5) is 10.3. The Labute approximate surface area is 79.0 Å². The topological polar surface area (TPSA) is 63.3 Å². The molecule has 0 radical (unpaired) electrons. The number of carboxylic acid groups (broad SMARTS) is 1. The quantitative estimate of drug-likeness (QED) is 0.701. The molecule has 0 atom stereocenters. The van der Waals surface area contributed by atoms with Crippen LogP contribution in [-0.4, -0.2) is 16.1 Å². The predicted molar refractivity (Wildman–Crippen MR) is 49.2 cm³/mol. The van der Waals surface area contributed by atoms with Crippen LogP contribution in [0.25, 0.3) is 0 Å². The second-order valence-corrected chi connectivity index (χ2v) is 2.78. The van der Waals surface area contributed by atoms with Gasteiger partial charge in [0.25, 0.3) is 0 Å². The summed E-state index contributed by atoms with van der Waals surface area (Å²) in [5.74, 6) is -2.22. The monoisotopic (exact) mass is 199 g/mol.